The molecule has 0 amide bonds. The van der Waals surface area contributed by atoms with Crippen molar-refractivity contribution in [2.24, 2.45) is 0 Å². The Balaban J connectivity index is 2.15. The number of aromatic amines is 1. The summed E-state index contributed by atoms with van der Waals surface area (Å²) in [7, 11) is 0. The predicted molar refractivity (Wildman–Crippen MR) is 95.8 cm³/mol. The average molecular weight is 330 g/mol. The van der Waals surface area contributed by atoms with E-state index in [1.165, 1.54) is 0 Å². The summed E-state index contributed by atoms with van der Waals surface area (Å²) in [6, 6.07) is 12.1. The highest BCUT2D eigenvalue weighted by molar-refractivity contribution is 6.33. The van der Waals surface area contributed by atoms with Crippen molar-refractivity contribution in [1.82, 2.24) is 4.98 Å². The first-order chi connectivity index (χ1) is 11.1. The molecule has 0 aliphatic heterocycles. The summed E-state index contributed by atoms with van der Waals surface area (Å²) in [6.45, 7) is 7.20. The van der Waals surface area contributed by atoms with Gasteiger partial charge in [0, 0.05) is 22.7 Å². The Kier molecular flexibility index (Phi) is 4.49. The molecule has 4 heteroatoms. The summed E-state index contributed by atoms with van der Waals surface area (Å²) in [5.74, 6) is 1.60. The van der Waals surface area contributed by atoms with Crippen LogP contribution in [0.4, 0.5) is 0 Å². The van der Waals surface area contributed by atoms with E-state index in [0.717, 1.165) is 44.2 Å². The van der Waals surface area contributed by atoms with Gasteiger partial charge in [0.25, 0.3) is 0 Å². The van der Waals surface area contributed by atoms with Crippen LogP contribution in [0.1, 0.15) is 19.4 Å². The fourth-order valence-electron chi connectivity index (χ4n) is 2.69. The average Bonchev–Trinajstić information content (AvgIpc) is 2.91. The van der Waals surface area contributed by atoms with E-state index in [1.54, 1.807) is 0 Å². The number of halogens is 1. The van der Waals surface area contributed by atoms with Gasteiger partial charge in [0.15, 0.2) is 0 Å². The van der Waals surface area contributed by atoms with E-state index in [4.69, 9.17) is 21.1 Å². The number of hydrogen-bond acceptors (Lipinski definition) is 2. The van der Waals surface area contributed by atoms with Crippen LogP contribution in [-0.4, -0.2) is 18.2 Å². The highest BCUT2D eigenvalue weighted by Crippen LogP contribution is 2.36. The van der Waals surface area contributed by atoms with Gasteiger partial charge in [0.05, 0.1) is 23.8 Å². The van der Waals surface area contributed by atoms with Gasteiger partial charge in [-0.1, -0.05) is 23.7 Å². The Morgan fingerprint density at radius 2 is 1.78 bits per heavy atom. The van der Waals surface area contributed by atoms with Crippen LogP contribution in [0.25, 0.3) is 22.2 Å². The molecule has 0 spiro atoms. The van der Waals surface area contributed by atoms with Crippen molar-refractivity contribution in [3.05, 3.63) is 47.0 Å². The molecule has 0 bridgehead atoms. The lowest BCUT2D eigenvalue weighted by Crippen LogP contribution is -1.95. The monoisotopic (exact) mass is 329 g/mol. The van der Waals surface area contributed by atoms with Crippen LogP contribution < -0.4 is 9.47 Å². The Morgan fingerprint density at radius 1 is 1.00 bits per heavy atom. The largest absolute Gasteiger partial charge is 0.494 e. The summed E-state index contributed by atoms with van der Waals surface area (Å²) >= 11 is 6.40. The van der Waals surface area contributed by atoms with E-state index in [0.29, 0.717) is 13.2 Å². The Bertz CT molecular complexity index is 839. The SMILES string of the molecule is CCOc1cc(OCC)c2[nH]c(-c3ccc(C)cc3Cl)cc2c1. The molecule has 0 radical (unpaired) electrons. The zero-order valence-corrected chi connectivity index (χ0v) is 14.3. The third-order valence-electron chi connectivity index (χ3n) is 3.69. The summed E-state index contributed by atoms with van der Waals surface area (Å²) in [5.41, 5.74) is 4.05. The van der Waals surface area contributed by atoms with E-state index in [-0.39, 0.29) is 0 Å². The quantitative estimate of drug-likeness (QED) is 0.661. The van der Waals surface area contributed by atoms with E-state index >= 15 is 0 Å². The first-order valence-electron chi connectivity index (χ1n) is 7.81. The van der Waals surface area contributed by atoms with E-state index in [2.05, 4.69) is 17.1 Å². The summed E-state index contributed by atoms with van der Waals surface area (Å²) in [4.78, 5) is 3.43. The molecule has 0 aliphatic carbocycles. The van der Waals surface area contributed by atoms with Crippen LogP contribution in [0.3, 0.4) is 0 Å². The Hall–Kier alpha value is -2.13. The molecule has 3 rings (SSSR count). The minimum atomic E-state index is 0.602. The van der Waals surface area contributed by atoms with Crippen LogP contribution in [0, 0.1) is 6.92 Å². The van der Waals surface area contributed by atoms with Gasteiger partial charge in [-0.05, 0) is 44.5 Å². The molecule has 1 heterocycles. The first kappa shape index (κ1) is 15.8. The van der Waals surface area contributed by atoms with E-state index in [9.17, 15) is 0 Å². The Morgan fingerprint density at radius 3 is 2.48 bits per heavy atom. The van der Waals surface area contributed by atoms with Crippen molar-refractivity contribution in [3.63, 3.8) is 0 Å². The first-order valence-corrected chi connectivity index (χ1v) is 8.19. The third-order valence-corrected chi connectivity index (χ3v) is 4.00. The lowest BCUT2D eigenvalue weighted by Gasteiger charge is -2.08. The van der Waals surface area contributed by atoms with Gasteiger partial charge in [-0.2, -0.15) is 0 Å². The number of hydrogen-bond donors (Lipinski definition) is 1. The maximum absolute atomic E-state index is 6.40. The van der Waals surface area contributed by atoms with E-state index < -0.39 is 0 Å². The van der Waals surface area contributed by atoms with Gasteiger partial charge in [-0.15, -0.1) is 0 Å². The Labute approximate surface area is 141 Å². The maximum atomic E-state index is 6.40. The molecule has 23 heavy (non-hydrogen) atoms. The van der Waals surface area contributed by atoms with Gasteiger partial charge in [0.2, 0.25) is 0 Å². The van der Waals surface area contributed by atoms with Crippen molar-refractivity contribution < 1.29 is 9.47 Å². The molecule has 0 atom stereocenters. The van der Waals surface area contributed by atoms with Gasteiger partial charge in [-0.25, -0.2) is 0 Å². The number of ether oxygens (including phenoxy) is 2. The van der Waals surface area contributed by atoms with Crippen LogP contribution in [-0.2, 0) is 0 Å². The molecule has 0 saturated carbocycles. The second-order valence-corrected chi connectivity index (χ2v) is 5.83. The molecular formula is C19H20ClNO2. The van der Waals surface area contributed by atoms with Crippen molar-refractivity contribution in [3.8, 4) is 22.8 Å². The molecule has 0 fully saturated rings. The maximum Gasteiger partial charge on any atom is 0.147 e. The standard InChI is InChI=1S/C19H20ClNO2/c1-4-22-14-9-13-10-17(15-7-6-12(3)8-16(15)20)21-19(13)18(11-14)23-5-2/h6-11,21H,4-5H2,1-3H3. The van der Waals surface area contributed by atoms with Crippen molar-refractivity contribution in [2.75, 3.05) is 13.2 Å². The highest BCUT2D eigenvalue weighted by atomic mass is 35.5. The molecule has 1 aromatic heterocycles. The minimum absolute atomic E-state index is 0.602. The van der Waals surface area contributed by atoms with Crippen molar-refractivity contribution in [2.45, 2.75) is 20.8 Å². The number of nitrogens with one attached hydrogen (secondary N) is 1. The summed E-state index contributed by atoms with van der Waals surface area (Å²) in [5, 5.41) is 1.78. The lowest BCUT2D eigenvalue weighted by atomic mass is 10.1. The molecule has 2 aromatic carbocycles. The lowest BCUT2D eigenvalue weighted by molar-refractivity contribution is 0.326. The molecule has 1 N–H and O–H groups in total. The van der Waals surface area contributed by atoms with Gasteiger partial charge in [0.1, 0.15) is 11.5 Å². The van der Waals surface area contributed by atoms with Crippen LogP contribution >= 0.6 is 11.6 Å². The molecule has 0 aliphatic rings. The summed E-state index contributed by atoms with van der Waals surface area (Å²) < 4.78 is 11.4. The zero-order valence-electron chi connectivity index (χ0n) is 13.6. The molecule has 3 nitrogen and oxygen atoms in total. The van der Waals surface area contributed by atoms with Crippen molar-refractivity contribution >= 4 is 22.5 Å². The number of aryl methyl sites for hydroxylation is 1. The molecule has 120 valence electrons. The normalized spacial score (nSPS) is 11.0. The summed E-state index contributed by atoms with van der Waals surface area (Å²) in [6.07, 6.45) is 0. The highest BCUT2D eigenvalue weighted by Gasteiger charge is 2.12. The number of rotatable bonds is 5. The second kappa shape index (κ2) is 6.55. The molecule has 0 saturated heterocycles. The minimum Gasteiger partial charge on any atom is -0.494 e. The van der Waals surface area contributed by atoms with Crippen LogP contribution in [0.5, 0.6) is 11.5 Å². The third kappa shape index (κ3) is 3.15. The topological polar surface area (TPSA) is 34.2 Å². The van der Waals surface area contributed by atoms with E-state index in [1.807, 2.05) is 45.0 Å². The predicted octanol–water partition coefficient (Wildman–Crippen LogP) is 5.59. The van der Waals surface area contributed by atoms with Crippen LogP contribution in [0.15, 0.2) is 36.4 Å². The van der Waals surface area contributed by atoms with Gasteiger partial charge >= 0.3 is 0 Å². The number of fused-ring (bicyclic) bond motifs is 1. The second-order valence-electron chi connectivity index (χ2n) is 5.42. The number of H-pyrrole nitrogens is 1. The van der Waals surface area contributed by atoms with Gasteiger partial charge < -0.3 is 14.5 Å². The van der Waals surface area contributed by atoms with Crippen LogP contribution in [0.2, 0.25) is 5.02 Å². The van der Waals surface area contributed by atoms with Crippen molar-refractivity contribution in [1.29, 1.82) is 0 Å². The number of aromatic nitrogens is 1. The molecule has 0 unspecified atom stereocenters. The van der Waals surface area contributed by atoms with Gasteiger partial charge in [-0.3, -0.25) is 0 Å². The fourth-order valence-corrected chi connectivity index (χ4v) is 3.02. The molecule has 3 aromatic rings. The fraction of sp³-hybridized carbons (Fsp3) is 0.263. The number of benzene rings is 2. The zero-order chi connectivity index (χ0) is 16.4. The molecular weight excluding hydrogens is 310 g/mol. The smallest absolute Gasteiger partial charge is 0.147 e.